The summed E-state index contributed by atoms with van der Waals surface area (Å²) in [6.45, 7) is 6.47. The maximum absolute atomic E-state index is 7.53. The summed E-state index contributed by atoms with van der Waals surface area (Å²) in [4.78, 5) is 6.38. The molecule has 1 rings (SSSR count). The molecule has 0 saturated carbocycles. The van der Waals surface area contributed by atoms with E-state index in [0.29, 0.717) is 17.5 Å². The number of nitrogens with zero attached hydrogens (tertiary/aromatic N) is 2. The summed E-state index contributed by atoms with van der Waals surface area (Å²) >= 11 is 0. The first-order valence-electron chi connectivity index (χ1n) is 5.47. The van der Waals surface area contributed by atoms with Crippen LogP contribution < -0.4 is 10.6 Å². The Hall–Kier alpha value is -1.58. The summed E-state index contributed by atoms with van der Waals surface area (Å²) < 4.78 is 0. The van der Waals surface area contributed by atoms with Gasteiger partial charge in [-0.15, -0.1) is 0 Å². The van der Waals surface area contributed by atoms with Gasteiger partial charge in [-0.05, 0) is 25.0 Å². The van der Waals surface area contributed by atoms with Crippen LogP contribution in [-0.4, -0.2) is 23.9 Å². The molecule has 0 saturated heterocycles. The lowest BCUT2D eigenvalue weighted by Crippen LogP contribution is -2.35. The van der Waals surface area contributed by atoms with Gasteiger partial charge >= 0.3 is 0 Å². The highest BCUT2D eigenvalue weighted by Gasteiger charge is 2.18. The molecular formula is C12H20N4. The van der Waals surface area contributed by atoms with E-state index in [4.69, 9.17) is 11.1 Å². The first-order valence-corrected chi connectivity index (χ1v) is 5.47. The van der Waals surface area contributed by atoms with E-state index < -0.39 is 0 Å². The Bertz CT molecular complexity index is 373. The molecule has 1 atom stereocenters. The Morgan fingerprint density at radius 1 is 1.44 bits per heavy atom. The maximum Gasteiger partial charge on any atom is 0.139 e. The molecule has 1 unspecified atom stereocenters. The Labute approximate surface area is 97.0 Å². The second kappa shape index (κ2) is 4.96. The molecule has 1 aromatic heterocycles. The summed E-state index contributed by atoms with van der Waals surface area (Å²) in [6.07, 6.45) is 1.73. The van der Waals surface area contributed by atoms with Crippen LogP contribution in [0.15, 0.2) is 18.3 Å². The minimum absolute atomic E-state index is 0.0610. The largest absolute Gasteiger partial charge is 0.384 e. The zero-order valence-electron chi connectivity index (χ0n) is 10.4. The van der Waals surface area contributed by atoms with Gasteiger partial charge in [0.15, 0.2) is 0 Å². The summed E-state index contributed by atoms with van der Waals surface area (Å²) in [5.41, 5.74) is 6.24. The lowest BCUT2D eigenvalue weighted by atomic mass is 10.0. The van der Waals surface area contributed by atoms with Gasteiger partial charge in [0, 0.05) is 19.3 Å². The van der Waals surface area contributed by atoms with Gasteiger partial charge in [-0.2, -0.15) is 0 Å². The second-order valence-electron chi connectivity index (χ2n) is 4.38. The van der Waals surface area contributed by atoms with Crippen LogP contribution in [0.2, 0.25) is 0 Å². The monoisotopic (exact) mass is 220 g/mol. The minimum atomic E-state index is 0.0610. The fraction of sp³-hybridized carbons (Fsp3) is 0.500. The smallest absolute Gasteiger partial charge is 0.139 e. The van der Waals surface area contributed by atoms with E-state index in [0.717, 1.165) is 5.82 Å². The van der Waals surface area contributed by atoms with Crippen molar-refractivity contribution in [3.63, 3.8) is 0 Å². The number of aromatic nitrogens is 1. The van der Waals surface area contributed by atoms with Crippen molar-refractivity contribution in [2.24, 2.45) is 11.7 Å². The molecule has 88 valence electrons. The predicted octanol–water partition coefficient (Wildman–Crippen LogP) is 1.85. The van der Waals surface area contributed by atoms with Gasteiger partial charge < -0.3 is 10.6 Å². The van der Waals surface area contributed by atoms with Crippen LogP contribution in [-0.2, 0) is 0 Å². The molecule has 1 heterocycles. The molecule has 3 N–H and O–H groups in total. The van der Waals surface area contributed by atoms with E-state index in [1.807, 2.05) is 13.1 Å². The van der Waals surface area contributed by atoms with Gasteiger partial charge in [0.25, 0.3) is 0 Å². The van der Waals surface area contributed by atoms with E-state index in [1.54, 1.807) is 12.3 Å². The molecule has 4 heteroatoms. The van der Waals surface area contributed by atoms with Crippen molar-refractivity contribution in [3.8, 4) is 0 Å². The number of pyridine rings is 1. The van der Waals surface area contributed by atoms with E-state index >= 15 is 0 Å². The zero-order valence-corrected chi connectivity index (χ0v) is 10.4. The topological polar surface area (TPSA) is 66.0 Å². The highest BCUT2D eigenvalue weighted by atomic mass is 15.2. The molecule has 0 radical (unpaired) electrons. The maximum atomic E-state index is 7.53. The summed E-state index contributed by atoms with van der Waals surface area (Å²) in [6, 6.07) is 3.98. The highest BCUT2D eigenvalue weighted by Crippen LogP contribution is 2.20. The second-order valence-corrected chi connectivity index (χ2v) is 4.38. The number of anilines is 1. The van der Waals surface area contributed by atoms with Crippen molar-refractivity contribution in [3.05, 3.63) is 23.9 Å². The Kier molecular flexibility index (Phi) is 3.88. The van der Waals surface area contributed by atoms with Crippen molar-refractivity contribution >= 4 is 11.7 Å². The average Bonchev–Trinajstić information content (AvgIpc) is 2.26. The van der Waals surface area contributed by atoms with Crippen molar-refractivity contribution in [2.45, 2.75) is 26.8 Å². The predicted molar refractivity (Wildman–Crippen MR) is 68.0 cm³/mol. The average molecular weight is 220 g/mol. The van der Waals surface area contributed by atoms with Gasteiger partial charge in [-0.25, -0.2) is 4.98 Å². The van der Waals surface area contributed by atoms with Crippen LogP contribution in [0.5, 0.6) is 0 Å². The van der Waals surface area contributed by atoms with Crippen LogP contribution in [0.4, 0.5) is 5.82 Å². The molecule has 0 aromatic carbocycles. The minimum Gasteiger partial charge on any atom is -0.384 e. The number of hydrogen-bond donors (Lipinski definition) is 2. The number of nitrogens with one attached hydrogen (secondary N) is 1. The van der Waals surface area contributed by atoms with Gasteiger partial charge in [-0.1, -0.05) is 13.8 Å². The van der Waals surface area contributed by atoms with Gasteiger partial charge in [-0.3, -0.25) is 5.41 Å². The fourth-order valence-electron chi connectivity index (χ4n) is 1.53. The lowest BCUT2D eigenvalue weighted by molar-refractivity contribution is 0.502. The number of nitrogen functional groups attached to an aromatic ring is 1. The van der Waals surface area contributed by atoms with Crippen molar-refractivity contribution in [1.82, 2.24) is 4.98 Å². The quantitative estimate of drug-likeness (QED) is 0.601. The molecule has 0 aliphatic rings. The van der Waals surface area contributed by atoms with Gasteiger partial charge in [0.1, 0.15) is 11.7 Å². The van der Waals surface area contributed by atoms with E-state index in [1.165, 1.54) is 0 Å². The molecule has 0 spiro atoms. The molecule has 0 bridgehead atoms. The van der Waals surface area contributed by atoms with Crippen LogP contribution in [0.3, 0.4) is 0 Å². The van der Waals surface area contributed by atoms with Gasteiger partial charge in [0.05, 0.1) is 5.56 Å². The van der Waals surface area contributed by atoms with Crippen LogP contribution in [0.25, 0.3) is 0 Å². The van der Waals surface area contributed by atoms with Crippen molar-refractivity contribution in [1.29, 1.82) is 5.41 Å². The van der Waals surface area contributed by atoms with Crippen molar-refractivity contribution < 1.29 is 0 Å². The van der Waals surface area contributed by atoms with Crippen molar-refractivity contribution in [2.75, 3.05) is 11.9 Å². The fourth-order valence-corrected chi connectivity index (χ4v) is 1.53. The molecule has 0 amide bonds. The molecule has 0 fully saturated rings. The number of hydrogen-bond acceptors (Lipinski definition) is 3. The molecule has 0 aliphatic heterocycles. The standard InChI is InChI=1S/C12H20N4/c1-8(2)9(3)16(4)12-10(11(13)14)6-5-7-15-12/h5-9H,1-4H3,(H3,13,14). The van der Waals surface area contributed by atoms with E-state index in [2.05, 4.69) is 30.7 Å². The molecule has 4 nitrogen and oxygen atoms in total. The number of amidine groups is 1. The Morgan fingerprint density at radius 2 is 2.06 bits per heavy atom. The first kappa shape index (κ1) is 12.5. The molecule has 0 aliphatic carbocycles. The number of rotatable bonds is 4. The normalized spacial score (nSPS) is 12.6. The Balaban J connectivity index is 3.08. The van der Waals surface area contributed by atoms with Crippen LogP contribution in [0.1, 0.15) is 26.3 Å². The molecule has 16 heavy (non-hydrogen) atoms. The molecule has 1 aromatic rings. The summed E-state index contributed by atoms with van der Waals surface area (Å²) in [5.74, 6) is 1.36. The third-order valence-electron chi connectivity index (χ3n) is 2.99. The first-order chi connectivity index (χ1) is 7.45. The number of nitrogens with two attached hydrogens (primary N) is 1. The van der Waals surface area contributed by atoms with Crippen LogP contribution in [0, 0.1) is 11.3 Å². The molecular weight excluding hydrogens is 200 g/mol. The highest BCUT2D eigenvalue weighted by molar-refractivity contribution is 5.99. The van der Waals surface area contributed by atoms with E-state index in [9.17, 15) is 0 Å². The third kappa shape index (κ3) is 2.51. The summed E-state index contributed by atoms with van der Waals surface area (Å²) in [7, 11) is 1.99. The van der Waals surface area contributed by atoms with Crippen LogP contribution >= 0.6 is 0 Å². The zero-order chi connectivity index (χ0) is 12.3. The Morgan fingerprint density at radius 3 is 2.56 bits per heavy atom. The van der Waals surface area contributed by atoms with Gasteiger partial charge in [0.2, 0.25) is 0 Å². The summed E-state index contributed by atoms with van der Waals surface area (Å²) in [5, 5.41) is 7.53. The van der Waals surface area contributed by atoms with E-state index in [-0.39, 0.29) is 5.84 Å². The SMILES string of the molecule is CC(C)C(C)N(C)c1ncccc1C(=N)N. The lowest BCUT2D eigenvalue weighted by Gasteiger charge is -2.30. The third-order valence-corrected chi connectivity index (χ3v) is 2.99.